The number of nitrogens with zero attached hydrogens (tertiary/aromatic N) is 1. The minimum atomic E-state index is 0.0774. The largest absolute Gasteiger partial charge is 0.372 e. The van der Waals surface area contributed by atoms with Crippen LogP contribution in [0.1, 0.15) is 54.4 Å². The van der Waals surface area contributed by atoms with Crippen LogP contribution in [0.4, 0.5) is 0 Å². The molecule has 1 saturated carbocycles. The van der Waals surface area contributed by atoms with E-state index in [1.807, 2.05) is 0 Å². The zero-order valence-corrected chi connectivity index (χ0v) is 13.4. The van der Waals surface area contributed by atoms with Crippen molar-refractivity contribution in [2.45, 2.75) is 66.0 Å². The summed E-state index contributed by atoms with van der Waals surface area (Å²) in [4.78, 5) is 13.8. The summed E-state index contributed by atoms with van der Waals surface area (Å²) in [5.74, 6) is 0.673. The molecule has 0 aromatic heterocycles. The summed E-state index contributed by atoms with van der Waals surface area (Å²) in [5, 5.41) is 3.14. The molecule has 108 valence electrons. The van der Waals surface area contributed by atoms with E-state index in [0.29, 0.717) is 5.92 Å². The second-order valence-electron chi connectivity index (χ2n) is 7.21. The summed E-state index contributed by atoms with van der Waals surface area (Å²) in [6.45, 7) is 13.3. The first kappa shape index (κ1) is 14.4. The van der Waals surface area contributed by atoms with E-state index >= 15 is 0 Å². The van der Waals surface area contributed by atoms with Crippen LogP contribution in [-0.2, 0) is 4.79 Å². The van der Waals surface area contributed by atoms with Gasteiger partial charge in [0.15, 0.2) is 0 Å². The standard InChI is InChI=1S/C16H28N2O/c1-10-8-14(17-12(3)19)13-9-16(10,6)15(4,5)18(7)11(13)2/h10,14H,8-9H2,1-7H3,(H,17,19). The lowest BCUT2D eigenvalue weighted by Gasteiger charge is -2.61. The first-order valence-corrected chi connectivity index (χ1v) is 7.32. The number of nitrogens with one attached hydrogen (secondary N) is 1. The van der Waals surface area contributed by atoms with E-state index in [-0.39, 0.29) is 22.9 Å². The van der Waals surface area contributed by atoms with Gasteiger partial charge >= 0.3 is 0 Å². The molecule has 2 aliphatic rings. The number of amides is 1. The van der Waals surface area contributed by atoms with Crippen LogP contribution in [0.5, 0.6) is 0 Å². The molecular weight excluding hydrogens is 236 g/mol. The maximum absolute atomic E-state index is 11.4. The molecule has 1 aliphatic carbocycles. The van der Waals surface area contributed by atoms with Gasteiger partial charge in [-0.2, -0.15) is 0 Å². The molecule has 0 aromatic carbocycles. The molecule has 2 rings (SSSR count). The number of allylic oxidation sites excluding steroid dienone is 1. The molecule has 1 N–H and O–H groups in total. The van der Waals surface area contributed by atoms with Crippen molar-refractivity contribution >= 4 is 5.91 Å². The van der Waals surface area contributed by atoms with Crippen molar-refractivity contribution in [2.75, 3.05) is 7.05 Å². The summed E-state index contributed by atoms with van der Waals surface area (Å²) in [6, 6.07) is 0.221. The van der Waals surface area contributed by atoms with Crippen LogP contribution in [0.3, 0.4) is 0 Å². The van der Waals surface area contributed by atoms with Crippen LogP contribution in [0.25, 0.3) is 0 Å². The van der Waals surface area contributed by atoms with Crippen molar-refractivity contribution in [1.29, 1.82) is 0 Å². The van der Waals surface area contributed by atoms with Gasteiger partial charge in [-0.25, -0.2) is 0 Å². The minimum absolute atomic E-state index is 0.0774. The van der Waals surface area contributed by atoms with E-state index in [9.17, 15) is 4.79 Å². The third kappa shape index (κ3) is 1.89. The average Bonchev–Trinajstić information content (AvgIpc) is 2.29. The van der Waals surface area contributed by atoms with Gasteiger partial charge in [-0.3, -0.25) is 4.79 Å². The number of fused-ring (bicyclic) bond motifs is 2. The van der Waals surface area contributed by atoms with Crippen molar-refractivity contribution in [2.24, 2.45) is 11.3 Å². The predicted octanol–water partition coefficient (Wildman–Crippen LogP) is 2.93. The van der Waals surface area contributed by atoms with Gasteiger partial charge in [-0.15, -0.1) is 0 Å². The molecule has 1 fully saturated rings. The Morgan fingerprint density at radius 3 is 2.47 bits per heavy atom. The van der Waals surface area contributed by atoms with Gasteiger partial charge in [-0.05, 0) is 50.5 Å². The molecule has 1 heterocycles. The van der Waals surface area contributed by atoms with Crippen molar-refractivity contribution in [1.82, 2.24) is 10.2 Å². The lowest BCUT2D eigenvalue weighted by atomic mass is 9.54. The zero-order valence-electron chi connectivity index (χ0n) is 13.4. The smallest absolute Gasteiger partial charge is 0.217 e. The van der Waals surface area contributed by atoms with Crippen molar-refractivity contribution in [3.63, 3.8) is 0 Å². The third-order valence-corrected chi connectivity index (χ3v) is 6.24. The first-order valence-electron chi connectivity index (χ1n) is 7.32. The molecule has 1 amide bonds. The quantitative estimate of drug-likeness (QED) is 0.790. The van der Waals surface area contributed by atoms with E-state index in [1.54, 1.807) is 6.92 Å². The molecular formula is C16H28N2O. The van der Waals surface area contributed by atoms with Crippen molar-refractivity contribution in [3.05, 3.63) is 11.3 Å². The highest BCUT2D eigenvalue weighted by molar-refractivity contribution is 5.73. The van der Waals surface area contributed by atoms with Gasteiger partial charge in [0.1, 0.15) is 0 Å². The minimum Gasteiger partial charge on any atom is -0.372 e. The van der Waals surface area contributed by atoms with E-state index in [1.165, 1.54) is 11.3 Å². The average molecular weight is 264 g/mol. The fraction of sp³-hybridized carbons (Fsp3) is 0.812. The highest BCUT2D eigenvalue weighted by Gasteiger charge is 2.54. The maximum atomic E-state index is 11.4. The fourth-order valence-electron chi connectivity index (χ4n) is 4.06. The summed E-state index contributed by atoms with van der Waals surface area (Å²) in [5.41, 5.74) is 3.19. The Kier molecular flexibility index (Phi) is 3.23. The first-order chi connectivity index (χ1) is 8.61. The Morgan fingerprint density at radius 1 is 1.37 bits per heavy atom. The molecule has 19 heavy (non-hydrogen) atoms. The number of hydrogen-bond acceptors (Lipinski definition) is 2. The highest BCUT2D eigenvalue weighted by Crippen LogP contribution is 2.56. The van der Waals surface area contributed by atoms with Crippen LogP contribution in [0, 0.1) is 11.3 Å². The molecule has 0 spiro atoms. The Bertz CT molecular complexity index is 438. The Labute approximate surface area is 117 Å². The van der Waals surface area contributed by atoms with Crippen molar-refractivity contribution < 1.29 is 4.79 Å². The monoisotopic (exact) mass is 264 g/mol. The number of rotatable bonds is 1. The molecule has 0 saturated heterocycles. The summed E-state index contributed by atoms with van der Waals surface area (Å²) in [7, 11) is 2.19. The second kappa shape index (κ2) is 4.26. The van der Waals surface area contributed by atoms with Crippen LogP contribution in [0.15, 0.2) is 11.3 Å². The van der Waals surface area contributed by atoms with Gasteiger partial charge in [0.05, 0.1) is 6.04 Å². The van der Waals surface area contributed by atoms with Gasteiger partial charge < -0.3 is 10.2 Å². The van der Waals surface area contributed by atoms with Gasteiger partial charge in [-0.1, -0.05) is 13.8 Å². The van der Waals surface area contributed by atoms with E-state index in [2.05, 4.69) is 51.9 Å². The van der Waals surface area contributed by atoms with Crippen LogP contribution in [-0.4, -0.2) is 29.4 Å². The Morgan fingerprint density at radius 2 is 1.95 bits per heavy atom. The van der Waals surface area contributed by atoms with Gasteiger partial charge in [0, 0.05) is 25.2 Å². The zero-order chi connectivity index (χ0) is 14.6. The summed E-state index contributed by atoms with van der Waals surface area (Å²) < 4.78 is 0. The molecule has 3 unspecified atom stereocenters. The van der Waals surface area contributed by atoms with Gasteiger partial charge in [0.25, 0.3) is 0 Å². The number of carbonyl (C=O) groups excluding carboxylic acids is 1. The van der Waals surface area contributed by atoms with E-state index < -0.39 is 0 Å². The number of hydrogen-bond donors (Lipinski definition) is 1. The molecule has 3 atom stereocenters. The topological polar surface area (TPSA) is 32.3 Å². The van der Waals surface area contributed by atoms with E-state index in [0.717, 1.165) is 12.8 Å². The van der Waals surface area contributed by atoms with Crippen LogP contribution in [0.2, 0.25) is 0 Å². The lowest BCUT2D eigenvalue weighted by molar-refractivity contribution is -0.120. The van der Waals surface area contributed by atoms with Crippen LogP contribution < -0.4 is 5.32 Å². The second-order valence-corrected chi connectivity index (χ2v) is 7.21. The van der Waals surface area contributed by atoms with E-state index in [4.69, 9.17) is 0 Å². The molecule has 0 radical (unpaired) electrons. The van der Waals surface area contributed by atoms with Crippen LogP contribution >= 0.6 is 0 Å². The molecule has 1 aliphatic heterocycles. The summed E-state index contributed by atoms with van der Waals surface area (Å²) >= 11 is 0. The normalized spacial score (nSPS) is 37.3. The lowest BCUT2D eigenvalue weighted by Crippen LogP contribution is -2.62. The fourth-order valence-corrected chi connectivity index (χ4v) is 4.06. The third-order valence-electron chi connectivity index (χ3n) is 6.24. The maximum Gasteiger partial charge on any atom is 0.217 e. The Balaban J connectivity index is 2.48. The highest BCUT2D eigenvalue weighted by atomic mass is 16.1. The molecule has 0 aromatic rings. The SMILES string of the molecule is CC(=O)NC1CC(C)C2(C)CC1=C(C)N(C)C2(C)C. The summed E-state index contributed by atoms with van der Waals surface area (Å²) in [6.07, 6.45) is 2.16. The van der Waals surface area contributed by atoms with Gasteiger partial charge in [0.2, 0.25) is 5.91 Å². The van der Waals surface area contributed by atoms with Crippen molar-refractivity contribution in [3.8, 4) is 0 Å². The molecule has 3 nitrogen and oxygen atoms in total. The Hall–Kier alpha value is -0.990. The predicted molar refractivity (Wildman–Crippen MR) is 78.7 cm³/mol. The number of carbonyl (C=O) groups is 1. The molecule has 3 heteroatoms. The molecule has 2 bridgehead atoms.